The second kappa shape index (κ2) is 2.72. The molecular weight excluding hydrogens is 168 g/mol. The van der Waals surface area contributed by atoms with Gasteiger partial charge in [0.25, 0.3) is 0 Å². The molecule has 1 fully saturated rings. The van der Waals surface area contributed by atoms with Crippen molar-refractivity contribution in [1.29, 1.82) is 0 Å². The quantitative estimate of drug-likeness (QED) is 0.602. The number of para-hydroxylation sites is 1. The molecule has 0 N–H and O–H groups in total. The molecule has 1 aromatic carbocycles. The van der Waals surface area contributed by atoms with Crippen LogP contribution in [0.3, 0.4) is 0 Å². The van der Waals surface area contributed by atoms with E-state index in [0.717, 1.165) is 5.75 Å². The van der Waals surface area contributed by atoms with Crippen molar-refractivity contribution in [3.05, 3.63) is 29.8 Å². The topological polar surface area (TPSA) is 27.7 Å². The van der Waals surface area contributed by atoms with Crippen LogP contribution in [0.15, 0.2) is 24.3 Å². The van der Waals surface area contributed by atoms with Gasteiger partial charge in [-0.3, -0.25) is 0 Å². The van der Waals surface area contributed by atoms with Crippen LogP contribution in [-0.2, 0) is 9.47 Å². The highest BCUT2D eigenvalue weighted by Crippen LogP contribution is 2.39. The van der Waals surface area contributed by atoms with Gasteiger partial charge in [0.05, 0.1) is 12.5 Å². The van der Waals surface area contributed by atoms with E-state index in [2.05, 4.69) is 6.07 Å². The first-order valence-corrected chi connectivity index (χ1v) is 4.40. The lowest BCUT2D eigenvalue weighted by Gasteiger charge is -2.24. The molecule has 13 heavy (non-hydrogen) atoms. The van der Waals surface area contributed by atoms with Gasteiger partial charge in [0.15, 0.2) is 6.79 Å². The van der Waals surface area contributed by atoms with Crippen LogP contribution in [0.2, 0.25) is 0 Å². The first-order chi connectivity index (χ1) is 6.45. The normalized spacial score (nSPS) is 30.5. The van der Waals surface area contributed by atoms with E-state index < -0.39 is 0 Å². The van der Waals surface area contributed by atoms with E-state index in [4.69, 9.17) is 14.2 Å². The Labute approximate surface area is 76.2 Å². The van der Waals surface area contributed by atoms with Crippen LogP contribution in [-0.4, -0.2) is 19.7 Å². The third-order valence-corrected chi connectivity index (χ3v) is 2.50. The number of hydrogen-bond donors (Lipinski definition) is 0. The van der Waals surface area contributed by atoms with Gasteiger partial charge in [0.1, 0.15) is 5.75 Å². The fourth-order valence-corrected chi connectivity index (χ4v) is 1.86. The third-order valence-electron chi connectivity index (χ3n) is 2.50. The lowest BCUT2D eigenvalue weighted by atomic mass is 10.0. The molecule has 0 radical (unpaired) electrons. The summed E-state index contributed by atoms with van der Waals surface area (Å²) in [5.74, 6) is 1.19. The highest BCUT2D eigenvalue weighted by atomic mass is 16.8. The van der Waals surface area contributed by atoms with Crippen LogP contribution in [0.4, 0.5) is 0 Å². The number of rotatable bonds is 0. The Hall–Kier alpha value is -1.06. The van der Waals surface area contributed by atoms with E-state index in [-0.39, 0.29) is 12.2 Å². The van der Waals surface area contributed by atoms with E-state index in [0.29, 0.717) is 13.4 Å². The highest BCUT2D eigenvalue weighted by Gasteiger charge is 2.37. The van der Waals surface area contributed by atoms with Crippen LogP contribution >= 0.6 is 0 Å². The highest BCUT2D eigenvalue weighted by molar-refractivity contribution is 5.40. The maximum atomic E-state index is 5.61. The van der Waals surface area contributed by atoms with Crippen LogP contribution < -0.4 is 4.74 Å². The smallest absolute Gasteiger partial charge is 0.211 e. The van der Waals surface area contributed by atoms with Gasteiger partial charge >= 0.3 is 0 Å². The SMILES string of the molecule is c1ccc2c(c1)OC1OCOCC21. The van der Waals surface area contributed by atoms with Crippen LogP contribution in [0.25, 0.3) is 0 Å². The maximum absolute atomic E-state index is 5.61. The maximum Gasteiger partial charge on any atom is 0.211 e. The van der Waals surface area contributed by atoms with Gasteiger partial charge in [-0.1, -0.05) is 18.2 Å². The van der Waals surface area contributed by atoms with E-state index in [1.807, 2.05) is 18.2 Å². The molecular formula is C10H10O3. The number of fused-ring (bicyclic) bond motifs is 3. The fourth-order valence-electron chi connectivity index (χ4n) is 1.86. The summed E-state index contributed by atoms with van der Waals surface area (Å²) >= 11 is 0. The van der Waals surface area contributed by atoms with Crippen LogP contribution in [0.1, 0.15) is 11.5 Å². The van der Waals surface area contributed by atoms with Gasteiger partial charge in [0.2, 0.25) is 6.29 Å². The summed E-state index contributed by atoms with van der Waals surface area (Å²) in [5.41, 5.74) is 1.20. The monoisotopic (exact) mass is 178 g/mol. The molecule has 0 saturated carbocycles. The molecule has 3 heteroatoms. The van der Waals surface area contributed by atoms with Crippen molar-refractivity contribution < 1.29 is 14.2 Å². The molecule has 0 aromatic heterocycles. The Kier molecular flexibility index (Phi) is 1.54. The zero-order chi connectivity index (χ0) is 8.67. The molecule has 2 aliphatic heterocycles. The van der Waals surface area contributed by atoms with Gasteiger partial charge in [-0.15, -0.1) is 0 Å². The molecule has 2 heterocycles. The average molecular weight is 178 g/mol. The van der Waals surface area contributed by atoms with Crippen molar-refractivity contribution in [2.24, 2.45) is 0 Å². The summed E-state index contributed by atoms with van der Waals surface area (Å²) in [6, 6.07) is 8.02. The molecule has 2 aliphatic rings. The minimum absolute atomic E-state index is 0.133. The van der Waals surface area contributed by atoms with E-state index >= 15 is 0 Å². The van der Waals surface area contributed by atoms with E-state index in [1.54, 1.807) is 0 Å². The molecule has 1 aromatic rings. The number of hydrogen-bond acceptors (Lipinski definition) is 3. The summed E-state index contributed by atoms with van der Waals surface area (Å²) in [5, 5.41) is 0. The lowest BCUT2D eigenvalue weighted by Crippen LogP contribution is -2.32. The van der Waals surface area contributed by atoms with Crippen LogP contribution in [0.5, 0.6) is 5.75 Å². The Morgan fingerprint density at radius 1 is 1.23 bits per heavy atom. The molecule has 2 atom stereocenters. The fraction of sp³-hybridized carbons (Fsp3) is 0.400. The molecule has 2 unspecified atom stereocenters. The molecule has 3 nitrogen and oxygen atoms in total. The van der Waals surface area contributed by atoms with Crippen LogP contribution in [0, 0.1) is 0 Å². The standard InChI is InChI=1S/C10H10O3/c1-2-4-9-7(3-1)8-5-11-6-12-10(8)13-9/h1-4,8,10H,5-6H2. The second-order valence-electron chi connectivity index (χ2n) is 3.29. The van der Waals surface area contributed by atoms with Gasteiger partial charge in [-0.05, 0) is 6.07 Å². The minimum Gasteiger partial charge on any atom is -0.464 e. The molecule has 0 amide bonds. The minimum atomic E-state index is -0.133. The summed E-state index contributed by atoms with van der Waals surface area (Å²) in [6.45, 7) is 1.04. The number of ether oxygens (including phenoxy) is 3. The molecule has 68 valence electrons. The molecule has 0 spiro atoms. The van der Waals surface area contributed by atoms with Crippen molar-refractivity contribution in [3.63, 3.8) is 0 Å². The van der Waals surface area contributed by atoms with Gasteiger partial charge in [-0.2, -0.15) is 0 Å². The van der Waals surface area contributed by atoms with E-state index in [9.17, 15) is 0 Å². The second-order valence-corrected chi connectivity index (χ2v) is 3.29. The van der Waals surface area contributed by atoms with Crippen molar-refractivity contribution >= 4 is 0 Å². The Morgan fingerprint density at radius 2 is 2.15 bits per heavy atom. The Bertz CT molecular complexity index is 324. The lowest BCUT2D eigenvalue weighted by molar-refractivity contribution is -0.204. The summed E-state index contributed by atoms with van der Waals surface area (Å²) in [6.07, 6.45) is -0.133. The van der Waals surface area contributed by atoms with Gasteiger partial charge in [0, 0.05) is 5.56 Å². The summed E-state index contributed by atoms with van der Waals surface area (Å²) < 4.78 is 16.2. The first kappa shape index (κ1) is 7.35. The van der Waals surface area contributed by atoms with E-state index in [1.165, 1.54) is 5.56 Å². The number of benzene rings is 1. The Balaban J connectivity index is 2.01. The van der Waals surface area contributed by atoms with Crippen molar-refractivity contribution in [3.8, 4) is 5.75 Å². The van der Waals surface area contributed by atoms with Gasteiger partial charge < -0.3 is 14.2 Å². The van der Waals surface area contributed by atoms with Crippen molar-refractivity contribution in [2.75, 3.05) is 13.4 Å². The zero-order valence-electron chi connectivity index (χ0n) is 7.10. The molecule has 0 aliphatic carbocycles. The largest absolute Gasteiger partial charge is 0.464 e. The van der Waals surface area contributed by atoms with Gasteiger partial charge in [-0.25, -0.2) is 0 Å². The predicted octanol–water partition coefficient (Wildman–Crippen LogP) is 1.49. The summed E-state index contributed by atoms with van der Waals surface area (Å²) in [7, 11) is 0. The Morgan fingerprint density at radius 3 is 3.15 bits per heavy atom. The molecule has 1 saturated heterocycles. The third kappa shape index (κ3) is 1.04. The first-order valence-electron chi connectivity index (χ1n) is 4.40. The van der Waals surface area contributed by atoms with Crippen molar-refractivity contribution in [2.45, 2.75) is 12.2 Å². The average Bonchev–Trinajstić information content (AvgIpc) is 2.56. The summed E-state index contributed by atoms with van der Waals surface area (Å²) in [4.78, 5) is 0. The molecule has 3 rings (SSSR count). The molecule has 0 bridgehead atoms. The predicted molar refractivity (Wildman–Crippen MR) is 45.5 cm³/mol. The zero-order valence-corrected chi connectivity index (χ0v) is 7.10. The van der Waals surface area contributed by atoms with Crippen molar-refractivity contribution in [1.82, 2.24) is 0 Å².